The smallest absolute Gasteiger partial charge is 0.377 e. The minimum atomic E-state index is -2.65. The molecule has 0 bridgehead atoms. The lowest BCUT2D eigenvalue weighted by Crippen LogP contribution is -2.49. The number of carbonyl (C=O) groups excluding carboxylic acids is 1. The van der Waals surface area contributed by atoms with Gasteiger partial charge in [0.05, 0.1) is 0 Å². The molecule has 0 aromatic carbocycles. The van der Waals surface area contributed by atoms with Crippen molar-refractivity contribution in [1.82, 2.24) is 0 Å². The first kappa shape index (κ1) is 12.8. The van der Waals surface area contributed by atoms with Gasteiger partial charge in [0.1, 0.15) is 5.78 Å². The molecule has 0 radical (unpaired) electrons. The molecule has 2 unspecified atom stereocenters. The molecular weight excluding hydrogens is 212 g/mol. The normalized spacial score (nSPS) is 24.5. The van der Waals surface area contributed by atoms with Crippen molar-refractivity contribution in [2.75, 3.05) is 21.3 Å². The Bertz CT molecular complexity index is 219. The van der Waals surface area contributed by atoms with Crippen molar-refractivity contribution in [2.45, 2.75) is 31.7 Å². The van der Waals surface area contributed by atoms with Crippen molar-refractivity contribution in [3.05, 3.63) is 0 Å². The lowest BCUT2D eigenvalue weighted by molar-refractivity contribution is -0.121. The van der Waals surface area contributed by atoms with Crippen molar-refractivity contribution >= 4 is 14.6 Å². The zero-order valence-corrected chi connectivity index (χ0v) is 10.9. The highest BCUT2D eigenvalue weighted by Gasteiger charge is 2.50. The molecule has 4 nitrogen and oxygen atoms in total. The predicted molar refractivity (Wildman–Crippen MR) is 58.6 cm³/mol. The SMILES string of the molecule is CO[Si](OC)(OC)C(C)C1CCCC1=O. The van der Waals surface area contributed by atoms with E-state index in [0.717, 1.165) is 12.8 Å². The van der Waals surface area contributed by atoms with Gasteiger partial charge >= 0.3 is 8.80 Å². The van der Waals surface area contributed by atoms with E-state index < -0.39 is 8.80 Å². The van der Waals surface area contributed by atoms with Crippen LogP contribution >= 0.6 is 0 Å². The molecule has 88 valence electrons. The van der Waals surface area contributed by atoms with E-state index in [-0.39, 0.29) is 11.5 Å². The summed E-state index contributed by atoms with van der Waals surface area (Å²) >= 11 is 0. The number of carbonyl (C=O) groups is 1. The van der Waals surface area contributed by atoms with Crippen LogP contribution in [0.1, 0.15) is 26.2 Å². The zero-order valence-electron chi connectivity index (χ0n) is 9.91. The molecule has 1 fully saturated rings. The van der Waals surface area contributed by atoms with Crippen LogP contribution in [0.5, 0.6) is 0 Å². The van der Waals surface area contributed by atoms with Crippen LogP contribution in [-0.2, 0) is 18.1 Å². The molecule has 1 saturated carbocycles. The zero-order chi connectivity index (χ0) is 11.5. The molecule has 15 heavy (non-hydrogen) atoms. The van der Waals surface area contributed by atoms with E-state index in [1.54, 1.807) is 21.3 Å². The molecule has 0 aromatic heterocycles. The highest BCUT2D eigenvalue weighted by atomic mass is 28.4. The highest BCUT2D eigenvalue weighted by Crippen LogP contribution is 2.38. The fraction of sp³-hybridized carbons (Fsp3) is 0.900. The Balaban J connectivity index is 2.79. The molecule has 5 heteroatoms. The fourth-order valence-electron chi connectivity index (χ4n) is 2.43. The maximum Gasteiger partial charge on any atom is 0.503 e. The molecule has 0 spiro atoms. The minimum Gasteiger partial charge on any atom is -0.377 e. The Morgan fingerprint density at radius 2 is 1.80 bits per heavy atom. The summed E-state index contributed by atoms with van der Waals surface area (Å²) in [5, 5.41) is 0. The quantitative estimate of drug-likeness (QED) is 0.676. The van der Waals surface area contributed by atoms with E-state index in [4.69, 9.17) is 13.3 Å². The van der Waals surface area contributed by atoms with Crippen molar-refractivity contribution in [2.24, 2.45) is 5.92 Å². The number of ketones is 1. The van der Waals surface area contributed by atoms with Crippen LogP contribution in [0.2, 0.25) is 5.54 Å². The molecule has 0 saturated heterocycles. The summed E-state index contributed by atoms with van der Waals surface area (Å²) in [6, 6.07) is 0. The van der Waals surface area contributed by atoms with Gasteiger partial charge in [0.25, 0.3) is 0 Å². The first-order valence-corrected chi connectivity index (χ1v) is 7.09. The maximum absolute atomic E-state index is 11.7. The second kappa shape index (κ2) is 5.20. The third-order valence-corrected chi connectivity index (χ3v) is 6.59. The number of hydrogen-bond acceptors (Lipinski definition) is 4. The molecule has 0 amide bonds. The molecule has 2 atom stereocenters. The Labute approximate surface area is 92.3 Å². The molecule has 1 aliphatic rings. The number of rotatable bonds is 5. The predicted octanol–water partition coefficient (Wildman–Crippen LogP) is 1.62. The van der Waals surface area contributed by atoms with Gasteiger partial charge < -0.3 is 13.3 Å². The third kappa shape index (κ3) is 2.30. The summed E-state index contributed by atoms with van der Waals surface area (Å²) in [6.45, 7) is 2.00. The minimum absolute atomic E-state index is 0.0486. The van der Waals surface area contributed by atoms with E-state index in [2.05, 4.69) is 0 Å². The van der Waals surface area contributed by atoms with Crippen molar-refractivity contribution in [3.8, 4) is 0 Å². The molecule has 0 heterocycles. The largest absolute Gasteiger partial charge is 0.503 e. The third-order valence-electron chi connectivity index (χ3n) is 3.37. The molecule has 0 aliphatic heterocycles. The van der Waals surface area contributed by atoms with Gasteiger partial charge in [-0.1, -0.05) is 6.92 Å². The Morgan fingerprint density at radius 1 is 1.27 bits per heavy atom. The van der Waals surface area contributed by atoms with E-state index in [9.17, 15) is 4.79 Å². The van der Waals surface area contributed by atoms with Gasteiger partial charge in [-0.15, -0.1) is 0 Å². The number of hydrogen-bond donors (Lipinski definition) is 0. The fourth-order valence-corrected chi connectivity index (χ4v) is 4.89. The topological polar surface area (TPSA) is 44.8 Å². The Morgan fingerprint density at radius 3 is 2.13 bits per heavy atom. The van der Waals surface area contributed by atoms with Gasteiger partial charge in [-0.3, -0.25) is 4.79 Å². The van der Waals surface area contributed by atoms with E-state index >= 15 is 0 Å². The Kier molecular flexibility index (Phi) is 4.45. The molecular formula is C10H20O4Si. The van der Waals surface area contributed by atoms with Gasteiger partial charge in [-0.2, -0.15) is 0 Å². The van der Waals surface area contributed by atoms with Crippen LogP contribution in [0.15, 0.2) is 0 Å². The van der Waals surface area contributed by atoms with Crippen molar-refractivity contribution in [1.29, 1.82) is 0 Å². The van der Waals surface area contributed by atoms with Crippen LogP contribution in [0.25, 0.3) is 0 Å². The first-order valence-electron chi connectivity index (χ1n) is 5.29. The van der Waals surface area contributed by atoms with Gasteiger partial charge in [0, 0.05) is 39.2 Å². The van der Waals surface area contributed by atoms with Crippen LogP contribution < -0.4 is 0 Å². The first-order chi connectivity index (χ1) is 7.11. The van der Waals surface area contributed by atoms with E-state index in [1.807, 2.05) is 6.92 Å². The molecule has 0 N–H and O–H groups in total. The average Bonchev–Trinajstić information content (AvgIpc) is 2.67. The summed E-state index contributed by atoms with van der Waals surface area (Å²) in [5.74, 6) is 0.377. The van der Waals surface area contributed by atoms with Gasteiger partial charge in [-0.05, 0) is 12.8 Å². The highest BCUT2D eigenvalue weighted by molar-refractivity contribution is 6.62. The standard InChI is InChI=1S/C10H20O4Si/c1-8(9-6-5-7-10(9)11)15(12-2,13-3)14-4/h8-9H,5-7H2,1-4H3. The molecule has 1 rings (SSSR count). The summed E-state index contributed by atoms with van der Waals surface area (Å²) in [4.78, 5) is 11.7. The van der Waals surface area contributed by atoms with Gasteiger partial charge in [0.2, 0.25) is 0 Å². The maximum atomic E-state index is 11.7. The summed E-state index contributed by atoms with van der Waals surface area (Å²) in [5.41, 5.74) is 0.0486. The lowest BCUT2D eigenvalue weighted by Gasteiger charge is -2.32. The summed E-state index contributed by atoms with van der Waals surface area (Å²) < 4.78 is 16.2. The average molecular weight is 232 g/mol. The second-order valence-corrected chi connectivity index (χ2v) is 7.31. The monoisotopic (exact) mass is 232 g/mol. The van der Waals surface area contributed by atoms with E-state index in [1.165, 1.54) is 0 Å². The van der Waals surface area contributed by atoms with Crippen LogP contribution in [0, 0.1) is 5.92 Å². The van der Waals surface area contributed by atoms with E-state index in [0.29, 0.717) is 12.2 Å². The van der Waals surface area contributed by atoms with Crippen LogP contribution in [0.3, 0.4) is 0 Å². The van der Waals surface area contributed by atoms with Gasteiger partial charge in [0.15, 0.2) is 0 Å². The van der Waals surface area contributed by atoms with Crippen LogP contribution in [0.4, 0.5) is 0 Å². The molecule has 0 aromatic rings. The van der Waals surface area contributed by atoms with Gasteiger partial charge in [-0.25, -0.2) is 0 Å². The summed E-state index contributed by atoms with van der Waals surface area (Å²) in [7, 11) is 2.13. The molecule has 1 aliphatic carbocycles. The Hall–Kier alpha value is -0.233. The second-order valence-electron chi connectivity index (χ2n) is 3.97. The van der Waals surface area contributed by atoms with Crippen molar-refractivity contribution < 1.29 is 18.1 Å². The number of Topliss-reactive ketones (excluding diaryl/α,β-unsaturated/α-hetero) is 1. The lowest BCUT2D eigenvalue weighted by atomic mass is 10.0. The van der Waals surface area contributed by atoms with Crippen molar-refractivity contribution in [3.63, 3.8) is 0 Å². The van der Waals surface area contributed by atoms with Crippen LogP contribution in [-0.4, -0.2) is 35.9 Å². The summed E-state index contributed by atoms with van der Waals surface area (Å²) in [6.07, 6.45) is 2.61.